The molecule has 0 aliphatic rings. The summed E-state index contributed by atoms with van der Waals surface area (Å²) in [4.78, 5) is 21.7. The fraction of sp³-hybridized carbons (Fsp3) is 0.333. The van der Waals surface area contributed by atoms with Gasteiger partial charge in [-0.2, -0.15) is 0 Å². The van der Waals surface area contributed by atoms with Crippen molar-refractivity contribution in [3.05, 3.63) is 35.1 Å². The minimum atomic E-state index is -1.09. The van der Waals surface area contributed by atoms with Gasteiger partial charge in [0.2, 0.25) is 5.91 Å². The molecule has 1 amide bonds. The average molecular weight is 239 g/mol. The molecule has 0 bridgehead atoms. The Bertz CT molecular complexity index is 429. The van der Waals surface area contributed by atoms with Crippen LogP contribution in [0.15, 0.2) is 18.2 Å². The van der Waals surface area contributed by atoms with Crippen LogP contribution >= 0.6 is 0 Å². The molecule has 0 spiro atoms. The maximum absolute atomic E-state index is 13.6. The Morgan fingerprint density at radius 3 is 2.65 bits per heavy atom. The molecule has 0 saturated carbocycles. The van der Waals surface area contributed by atoms with Crippen LogP contribution in [0.5, 0.6) is 0 Å². The van der Waals surface area contributed by atoms with E-state index in [2.05, 4.69) is 5.32 Å². The fourth-order valence-electron chi connectivity index (χ4n) is 1.59. The molecule has 1 atom stereocenters. The van der Waals surface area contributed by atoms with Crippen molar-refractivity contribution >= 4 is 11.9 Å². The number of carboxylic acid groups (broad SMARTS) is 1. The Morgan fingerprint density at radius 1 is 1.47 bits per heavy atom. The van der Waals surface area contributed by atoms with Gasteiger partial charge in [-0.15, -0.1) is 0 Å². The number of carbonyl (C=O) groups is 2. The summed E-state index contributed by atoms with van der Waals surface area (Å²) in [6.07, 6.45) is -0.347. The lowest BCUT2D eigenvalue weighted by Crippen LogP contribution is -2.28. The van der Waals surface area contributed by atoms with Gasteiger partial charge in [0.1, 0.15) is 5.82 Å². The molecule has 0 saturated heterocycles. The monoisotopic (exact) mass is 239 g/mol. The van der Waals surface area contributed by atoms with Crippen molar-refractivity contribution in [2.24, 2.45) is 0 Å². The highest BCUT2D eigenvalue weighted by molar-refractivity contribution is 5.75. The van der Waals surface area contributed by atoms with E-state index in [1.54, 1.807) is 19.1 Å². The molecule has 0 heterocycles. The van der Waals surface area contributed by atoms with Crippen molar-refractivity contribution in [1.29, 1.82) is 0 Å². The number of rotatable bonds is 4. The lowest BCUT2D eigenvalue weighted by atomic mass is 10.0. The number of hydrogen-bond donors (Lipinski definition) is 2. The van der Waals surface area contributed by atoms with Crippen molar-refractivity contribution < 1.29 is 19.1 Å². The number of nitrogens with one attached hydrogen (secondary N) is 1. The molecule has 2 N–H and O–H groups in total. The second kappa shape index (κ2) is 5.43. The first-order valence-corrected chi connectivity index (χ1v) is 5.15. The van der Waals surface area contributed by atoms with E-state index in [0.717, 1.165) is 5.56 Å². The van der Waals surface area contributed by atoms with Gasteiger partial charge in [-0.05, 0) is 13.0 Å². The van der Waals surface area contributed by atoms with Gasteiger partial charge in [-0.3, -0.25) is 9.59 Å². The molecule has 1 aromatic carbocycles. The molecule has 4 nitrogen and oxygen atoms in total. The van der Waals surface area contributed by atoms with Crippen molar-refractivity contribution in [2.45, 2.75) is 26.3 Å². The zero-order valence-electron chi connectivity index (χ0n) is 9.66. The Balaban J connectivity index is 3.06. The van der Waals surface area contributed by atoms with E-state index >= 15 is 0 Å². The minimum absolute atomic E-state index is 0.197. The van der Waals surface area contributed by atoms with E-state index in [4.69, 9.17) is 5.11 Å². The van der Waals surface area contributed by atoms with Gasteiger partial charge in [0, 0.05) is 12.5 Å². The van der Waals surface area contributed by atoms with Crippen LogP contribution in [0.4, 0.5) is 4.39 Å². The number of benzene rings is 1. The summed E-state index contributed by atoms with van der Waals surface area (Å²) >= 11 is 0. The molecule has 0 unspecified atom stereocenters. The topological polar surface area (TPSA) is 66.4 Å². The third-order valence-corrected chi connectivity index (χ3v) is 2.28. The zero-order chi connectivity index (χ0) is 13.0. The Kier molecular flexibility index (Phi) is 4.20. The summed E-state index contributed by atoms with van der Waals surface area (Å²) in [5, 5.41) is 11.2. The molecule has 0 aliphatic carbocycles. The van der Waals surface area contributed by atoms with Gasteiger partial charge in [0.15, 0.2) is 0 Å². The minimum Gasteiger partial charge on any atom is -0.481 e. The van der Waals surface area contributed by atoms with Crippen LogP contribution in [-0.2, 0) is 9.59 Å². The summed E-state index contributed by atoms with van der Waals surface area (Å²) in [5.74, 6) is -2.00. The predicted octanol–water partition coefficient (Wildman–Crippen LogP) is 1.79. The van der Waals surface area contributed by atoms with Gasteiger partial charge >= 0.3 is 5.97 Å². The zero-order valence-corrected chi connectivity index (χ0v) is 9.66. The van der Waals surface area contributed by atoms with Crippen molar-refractivity contribution in [3.63, 3.8) is 0 Å². The highest BCUT2D eigenvalue weighted by atomic mass is 19.1. The first kappa shape index (κ1) is 13.2. The van der Waals surface area contributed by atoms with E-state index in [-0.39, 0.29) is 12.0 Å². The fourth-order valence-corrected chi connectivity index (χ4v) is 1.59. The number of halogens is 1. The molecule has 0 aliphatic heterocycles. The molecular formula is C12H14FNO3. The quantitative estimate of drug-likeness (QED) is 0.841. The van der Waals surface area contributed by atoms with Crippen LogP contribution in [0, 0.1) is 12.7 Å². The van der Waals surface area contributed by atoms with Gasteiger partial charge in [0.25, 0.3) is 0 Å². The molecular weight excluding hydrogens is 225 g/mol. The van der Waals surface area contributed by atoms with Gasteiger partial charge in [-0.25, -0.2) is 4.39 Å². The normalized spacial score (nSPS) is 11.9. The highest BCUT2D eigenvalue weighted by Gasteiger charge is 2.19. The van der Waals surface area contributed by atoms with Crippen LogP contribution in [0.3, 0.4) is 0 Å². The number of carboxylic acids is 1. The van der Waals surface area contributed by atoms with Gasteiger partial charge in [-0.1, -0.05) is 17.7 Å². The van der Waals surface area contributed by atoms with E-state index in [1.165, 1.54) is 13.0 Å². The van der Waals surface area contributed by atoms with Crippen LogP contribution < -0.4 is 5.32 Å². The number of aryl methyl sites for hydroxylation is 1. The van der Waals surface area contributed by atoms with Crippen LogP contribution in [0.25, 0.3) is 0 Å². The summed E-state index contributed by atoms with van der Waals surface area (Å²) in [6, 6.07) is 3.55. The Morgan fingerprint density at radius 2 is 2.12 bits per heavy atom. The second-order valence-electron chi connectivity index (χ2n) is 3.88. The van der Waals surface area contributed by atoms with Crippen molar-refractivity contribution in [3.8, 4) is 0 Å². The predicted molar refractivity (Wildman–Crippen MR) is 59.9 cm³/mol. The molecule has 0 aromatic heterocycles. The molecule has 1 aromatic rings. The smallest absolute Gasteiger partial charge is 0.305 e. The number of hydrogen-bond acceptors (Lipinski definition) is 2. The standard InChI is InChI=1S/C12H14FNO3/c1-7-3-4-10(13)9(5-7)11(6-12(16)17)14-8(2)15/h3-5,11H,6H2,1-2H3,(H,14,15)(H,16,17)/t11-/m0/s1. The second-order valence-corrected chi connectivity index (χ2v) is 3.88. The van der Waals surface area contributed by atoms with E-state index in [1.807, 2.05) is 0 Å². The Hall–Kier alpha value is -1.91. The summed E-state index contributed by atoms with van der Waals surface area (Å²) in [7, 11) is 0. The maximum atomic E-state index is 13.6. The molecule has 0 fully saturated rings. The molecule has 5 heteroatoms. The third kappa shape index (κ3) is 3.86. The molecule has 17 heavy (non-hydrogen) atoms. The Labute approximate surface area is 98.5 Å². The van der Waals surface area contributed by atoms with Crippen LogP contribution in [0.2, 0.25) is 0 Å². The summed E-state index contributed by atoms with van der Waals surface area (Å²) < 4.78 is 13.6. The first-order valence-electron chi connectivity index (χ1n) is 5.15. The largest absolute Gasteiger partial charge is 0.481 e. The van der Waals surface area contributed by atoms with Crippen molar-refractivity contribution in [1.82, 2.24) is 5.32 Å². The third-order valence-electron chi connectivity index (χ3n) is 2.28. The number of amides is 1. The maximum Gasteiger partial charge on any atom is 0.305 e. The first-order chi connectivity index (χ1) is 7.90. The lowest BCUT2D eigenvalue weighted by Gasteiger charge is -2.17. The average Bonchev–Trinajstić information content (AvgIpc) is 2.19. The van der Waals surface area contributed by atoms with Crippen LogP contribution in [-0.4, -0.2) is 17.0 Å². The lowest BCUT2D eigenvalue weighted by molar-refractivity contribution is -0.137. The van der Waals surface area contributed by atoms with E-state index < -0.39 is 23.7 Å². The van der Waals surface area contributed by atoms with E-state index in [9.17, 15) is 14.0 Å². The van der Waals surface area contributed by atoms with Gasteiger partial charge < -0.3 is 10.4 Å². The SMILES string of the molecule is CC(=O)N[C@@H](CC(=O)O)c1cc(C)ccc1F. The summed E-state index contributed by atoms with van der Waals surface area (Å²) in [5.41, 5.74) is 1.00. The molecule has 92 valence electrons. The highest BCUT2D eigenvalue weighted by Crippen LogP contribution is 2.21. The number of carbonyl (C=O) groups excluding carboxylic acids is 1. The van der Waals surface area contributed by atoms with Crippen LogP contribution in [0.1, 0.15) is 30.5 Å². The summed E-state index contributed by atoms with van der Waals surface area (Å²) in [6.45, 7) is 3.04. The van der Waals surface area contributed by atoms with Crippen molar-refractivity contribution in [2.75, 3.05) is 0 Å². The van der Waals surface area contributed by atoms with E-state index in [0.29, 0.717) is 0 Å². The number of aliphatic carboxylic acids is 1. The molecule has 1 rings (SSSR count). The molecule has 0 radical (unpaired) electrons. The van der Waals surface area contributed by atoms with Gasteiger partial charge in [0.05, 0.1) is 12.5 Å².